The van der Waals surface area contributed by atoms with Gasteiger partial charge in [-0.25, -0.2) is 4.79 Å². The van der Waals surface area contributed by atoms with Gasteiger partial charge in [0, 0.05) is 16.7 Å². The van der Waals surface area contributed by atoms with Crippen LogP contribution in [0.5, 0.6) is 11.5 Å². The highest BCUT2D eigenvalue weighted by Crippen LogP contribution is 2.34. The summed E-state index contributed by atoms with van der Waals surface area (Å²) in [5.41, 5.74) is 0.773. The molecule has 0 unspecified atom stereocenters. The zero-order valence-electron chi connectivity index (χ0n) is 12.3. The molecule has 0 spiro atoms. The van der Waals surface area contributed by atoms with Crippen LogP contribution in [-0.4, -0.2) is 17.0 Å². The van der Waals surface area contributed by atoms with Crippen LogP contribution in [0.2, 0.25) is 0 Å². The molecule has 0 aliphatic heterocycles. The summed E-state index contributed by atoms with van der Waals surface area (Å²) < 4.78 is 30.9. The van der Waals surface area contributed by atoms with Crippen molar-refractivity contribution in [1.82, 2.24) is 0 Å². The molecule has 0 aromatic heterocycles. The van der Waals surface area contributed by atoms with Gasteiger partial charge in [0.25, 0.3) is 0 Å². The largest absolute Gasteiger partial charge is 0.507 e. The van der Waals surface area contributed by atoms with Crippen molar-refractivity contribution in [3.63, 3.8) is 0 Å². The first kappa shape index (κ1) is 18.0. The van der Waals surface area contributed by atoms with Gasteiger partial charge in [0.15, 0.2) is 0 Å². The van der Waals surface area contributed by atoms with Crippen LogP contribution in [0, 0.1) is 10.5 Å². The molecule has 0 radical (unpaired) electrons. The molecule has 0 bridgehead atoms. The van der Waals surface area contributed by atoms with Gasteiger partial charge >= 0.3 is 11.9 Å². The highest BCUT2D eigenvalue weighted by atomic mass is 127. The summed E-state index contributed by atoms with van der Waals surface area (Å²) in [6, 6.07) is 9.98. The van der Waals surface area contributed by atoms with Crippen molar-refractivity contribution in [3.8, 4) is 11.5 Å². The number of phenolic OH excluding ortho intramolecular Hbond substituents is 1. The molecule has 122 valence electrons. The molecule has 1 N–H and O–H groups in total. The predicted octanol–water partition coefficient (Wildman–Crippen LogP) is 5.02. The lowest BCUT2D eigenvalue weighted by Gasteiger charge is -2.10. The van der Waals surface area contributed by atoms with Gasteiger partial charge in [0.1, 0.15) is 11.5 Å². The summed E-state index contributed by atoms with van der Waals surface area (Å²) >= 11 is 3.51. The minimum Gasteiger partial charge on any atom is -0.507 e. The van der Waals surface area contributed by atoms with E-state index in [1.54, 1.807) is 12.1 Å². The Labute approximate surface area is 150 Å². The van der Waals surface area contributed by atoms with Crippen LogP contribution in [0.25, 0.3) is 0 Å². The molecular weight excluding hydrogens is 437 g/mol. The molecule has 2 aromatic rings. The SMILES string of the molecule is Cc1cc(Sc2ccc(OC(=O)C(C)(F)F)cc2)cc(I)c1O. The van der Waals surface area contributed by atoms with E-state index in [-0.39, 0.29) is 11.5 Å². The quantitative estimate of drug-likeness (QED) is 0.404. The van der Waals surface area contributed by atoms with Gasteiger partial charge < -0.3 is 9.84 Å². The highest BCUT2D eigenvalue weighted by Gasteiger charge is 2.34. The van der Waals surface area contributed by atoms with Crippen molar-refractivity contribution in [1.29, 1.82) is 0 Å². The third kappa shape index (κ3) is 4.81. The smallest absolute Gasteiger partial charge is 0.382 e. The lowest BCUT2D eigenvalue weighted by atomic mass is 10.2. The first-order valence-electron chi connectivity index (χ1n) is 6.54. The second-order valence-corrected chi connectivity index (χ2v) is 7.23. The average molecular weight is 450 g/mol. The Morgan fingerprint density at radius 1 is 1.22 bits per heavy atom. The summed E-state index contributed by atoms with van der Waals surface area (Å²) in [7, 11) is 0. The van der Waals surface area contributed by atoms with E-state index in [4.69, 9.17) is 0 Å². The monoisotopic (exact) mass is 450 g/mol. The maximum atomic E-state index is 12.8. The Morgan fingerprint density at radius 3 is 2.35 bits per heavy atom. The molecule has 0 saturated heterocycles. The van der Waals surface area contributed by atoms with Crippen LogP contribution in [-0.2, 0) is 4.79 Å². The van der Waals surface area contributed by atoms with Gasteiger partial charge in [-0.1, -0.05) is 11.8 Å². The van der Waals surface area contributed by atoms with E-state index in [1.807, 2.05) is 19.1 Å². The Kier molecular flexibility index (Phi) is 5.51. The number of carbonyl (C=O) groups excluding carboxylic acids is 1. The Balaban J connectivity index is 2.10. The van der Waals surface area contributed by atoms with E-state index >= 15 is 0 Å². The Hall–Kier alpha value is -1.35. The molecule has 0 amide bonds. The molecule has 2 rings (SSSR count). The zero-order valence-corrected chi connectivity index (χ0v) is 15.2. The van der Waals surface area contributed by atoms with Crippen LogP contribution in [0.1, 0.15) is 12.5 Å². The van der Waals surface area contributed by atoms with Gasteiger partial charge in [-0.05, 0) is 71.5 Å². The Bertz CT molecular complexity index is 704. The maximum absolute atomic E-state index is 12.8. The number of alkyl halides is 2. The fourth-order valence-electron chi connectivity index (χ4n) is 1.67. The molecule has 2 aromatic carbocycles. The number of ether oxygens (including phenoxy) is 1. The van der Waals surface area contributed by atoms with E-state index in [0.717, 1.165) is 18.9 Å². The number of carbonyl (C=O) groups is 1. The van der Waals surface area contributed by atoms with Crippen molar-refractivity contribution in [2.75, 3.05) is 0 Å². The molecule has 0 fully saturated rings. The predicted molar refractivity (Wildman–Crippen MR) is 92.4 cm³/mol. The maximum Gasteiger partial charge on any atom is 0.382 e. The molecule has 0 atom stereocenters. The number of phenols is 1. The highest BCUT2D eigenvalue weighted by molar-refractivity contribution is 14.1. The second kappa shape index (κ2) is 7.04. The topological polar surface area (TPSA) is 46.5 Å². The number of esters is 1. The van der Waals surface area contributed by atoms with E-state index in [0.29, 0.717) is 6.92 Å². The molecule has 23 heavy (non-hydrogen) atoms. The summed E-state index contributed by atoms with van der Waals surface area (Å²) in [4.78, 5) is 12.9. The van der Waals surface area contributed by atoms with Crippen molar-refractivity contribution in [3.05, 3.63) is 45.5 Å². The van der Waals surface area contributed by atoms with Crippen LogP contribution < -0.4 is 4.74 Å². The fraction of sp³-hybridized carbons (Fsp3) is 0.188. The second-order valence-electron chi connectivity index (χ2n) is 4.92. The number of halogens is 3. The third-order valence-electron chi connectivity index (χ3n) is 2.86. The number of hydrogen-bond acceptors (Lipinski definition) is 4. The normalized spacial score (nSPS) is 11.3. The van der Waals surface area contributed by atoms with E-state index < -0.39 is 11.9 Å². The lowest BCUT2D eigenvalue weighted by molar-refractivity contribution is -0.158. The number of hydrogen-bond donors (Lipinski definition) is 1. The minimum absolute atomic E-state index is 0.0670. The number of aryl methyl sites for hydroxylation is 1. The molecule has 0 heterocycles. The van der Waals surface area contributed by atoms with E-state index in [1.165, 1.54) is 23.9 Å². The van der Waals surface area contributed by atoms with E-state index in [9.17, 15) is 18.7 Å². The molecule has 0 aliphatic rings. The molecular formula is C16H13F2IO3S. The standard InChI is InChI=1S/C16H13F2IO3S/c1-9-7-12(8-13(19)14(9)20)23-11-5-3-10(4-6-11)22-15(21)16(2,17)18/h3-8,20H,1-2H3. The van der Waals surface area contributed by atoms with Gasteiger partial charge in [0.05, 0.1) is 3.57 Å². The minimum atomic E-state index is -3.52. The summed E-state index contributed by atoms with van der Waals surface area (Å²) in [6.45, 7) is 2.31. The number of rotatable bonds is 4. The van der Waals surface area contributed by atoms with Crippen LogP contribution in [0.3, 0.4) is 0 Å². The zero-order chi connectivity index (χ0) is 17.2. The number of benzene rings is 2. The van der Waals surface area contributed by atoms with Crippen molar-refractivity contribution >= 4 is 40.3 Å². The molecule has 3 nitrogen and oxygen atoms in total. The van der Waals surface area contributed by atoms with Crippen LogP contribution in [0.15, 0.2) is 46.2 Å². The first-order valence-corrected chi connectivity index (χ1v) is 8.43. The Morgan fingerprint density at radius 2 is 1.83 bits per heavy atom. The van der Waals surface area contributed by atoms with Gasteiger partial charge in [-0.15, -0.1) is 0 Å². The molecule has 0 saturated carbocycles. The van der Waals surface area contributed by atoms with Crippen molar-refractivity contribution < 1.29 is 23.4 Å². The third-order valence-corrected chi connectivity index (χ3v) is 4.66. The van der Waals surface area contributed by atoms with Gasteiger partial charge in [-0.2, -0.15) is 8.78 Å². The molecule has 7 heteroatoms. The van der Waals surface area contributed by atoms with Crippen LogP contribution >= 0.6 is 34.4 Å². The lowest BCUT2D eigenvalue weighted by Crippen LogP contribution is -2.29. The van der Waals surface area contributed by atoms with Crippen LogP contribution in [0.4, 0.5) is 8.78 Å². The summed E-state index contributed by atoms with van der Waals surface area (Å²) in [5, 5.41) is 9.76. The summed E-state index contributed by atoms with van der Waals surface area (Å²) in [6.07, 6.45) is 0. The van der Waals surface area contributed by atoms with Crippen molar-refractivity contribution in [2.24, 2.45) is 0 Å². The van der Waals surface area contributed by atoms with E-state index in [2.05, 4.69) is 27.3 Å². The first-order chi connectivity index (χ1) is 10.7. The van der Waals surface area contributed by atoms with Gasteiger partial charge in [0.2, 0.25) is 0 Å². The number of aromatic hydroxyl groups is 1. The molecule has 0 aliphatic carbocycles. The van der Waals surface area contributed by atoms with Crippen molar-refractivity contribution in [2.45, 2.75) is 29.6 Å². The average Bonchev–Trinajstić information content (AvgIpc) is 2.45. The summed E-state index contributed by atoms with van der Waals surface area (Å²) in [5.74, 6) is -4.77. The van der Waals surface area contributed by atoms with Gasteiger partial charge in [-0.3, -0.25) is 0 Å². The fourth-order valence-corrected chi connectivity index (χ4v) is 3.60.